The van der Waals surface area contributed by atoms with Crippen molar-refractivity contribution in [2.45, 2.75) is 51.1 Å². The highest BCUT2D eigenvalue weighted by molar-refractivity contribution is 5.82. The molecule has 2 aromatic carbocycles. The molecule has 3 N–H and O–H groups in total. The molecule has 0 aliphatic rings. The summed E-state index contributed by atoms with van der Waals surface area (Å²) in [4.78, 5) is 12.3. The van der Waals surface area contributed by atoms with Gasteiger partial charge in [-0.2, -0.15) is 0 Å². The highest BCUT2D eigenvalue weighted by Crippen LogP contribution is 2.28. The summed E-state index contributed by atoms with van der Waals surface area (Å²) in [5.74, 6) is -0.0878. The third-order valence-electron chi connectivity index (χ3n) is 4.40. The van der Waals surface area contributed by atoms with Crippen LogP contribution in [0, 0.1) is 0 Å². The molecule has 2 rings (SSSR count). The first-order valence-corrected chi connectivity index (χ1v) is 8.54. The standard InChI is InChI=1S/C21H28N2O/c1-16(15-21(2,3)18-12-8-5-9-13-18)23-20(24)19(22)14-17-10-6-4-7-11-17/h4-13,16,19H,14-15,22H2,1-3H3,(H,23,24)/t16?,19-/m0/s1. The van der Waals surface area contributed by atoms with E-state index in [1.807, 2.05) is 43.3 Å². The third kappa shape index (κ3) is 5.20. The molecule has 1 unspecified atom stereocenters. The van der Waals surface area contributed by atoms with Crippen molar-refractivity contribution in [3.8, 4) is 0 Å². The lowest BCUT2D eigenvalue weighted by molar-refractivity contribution is -0.123. The number of carbonyl (C=O) groups is 1. The summed E-state index contributed by atoms with van der Waals surface area (Å²) in [5, 5.41) is 3.06. The smallest absolute Gasteiger partial charge is 0.237 e. The van der Waals surface area contributed by atoms with Crippen molar-refractivity contribution in [2.75, 3.05) is 0 Å². The second-order valence-corrected chi connectivity index (χ2v) is 7.16. The maximum Gasteiger partial charge on any atom is 0.237 e. The predicted molar refractivity (Wildman–Crippen MR) is 99.8 cm³/mol. The van der Waals surface area contributed by atoms with Crippen LogP contribution in [-0.4, -0.2) is 18.0 Å². The van der Waals surface area contributed by atoms with Gasteiger partial charge in [-0.1, -0.05) is 74.5 Å². The van der Waals surface area contributed by atoms with Crippen LogP contribution in [-0.2, 0) is 16.6 Å². The Bertz CT molecular complexity index is 637. The lowest BCUT2D eigenvalue weighted by atomic mass is 9.79. The van der Waals surface area contributed by atoms with E-state index in [0.717, 1.165) is 12.0 Å². The Kier molecular flexibility index (Phi) is 6.16. The molecule has 24 heavy (non-hydrogen) atoms. The van der Waals surface area contributed by atoms with Gasteiger partial charge in [0.15, 0.2) is 0 Å². The topological polar surface area (TPSA) is 55.1 Å². The van der Waals surface area contributed by atoms with Crippen molar-refractivity contribution >= 4 is 5.91 Å². The Morgan fingerprint density at radius 1 is 1.04 bits per heavy atom. The van der Waals surface area contributed by atoms with Gasteiger partial charge in [0.05, 0.1) is 6.04 Å². The van der Waals surface area contributed by atoms with Crippen LogP contribution < -0.4 is 11.1 Å². The fourth-order valence-corrected chi connectivity index (χ4v) is 3.13. The van der Waals surface area contributed by atoms with Crippen LogP contribution in [0.4, 0.5) is 0 Å². The van der Waals surface area contributed by atoms with Crippen molar-refractivity contribution in [1.82, 2.24) is 5.32 Å². The summed E-state index contributed by atoms with van der Waals surface area (Å²) >= 11 is 0. The molecule has 0 heterocycles. The summed E-state index contributed by atoms with van der Waals surface area (Å²) in [6, 6.07) is 19.8. The molecule has 0 aliphatic carbocycles. The quantitative estimate of drug-likeness (QED) is 0.820. The number of hydrogen-bond acceptors (Lipinski definition) is 2. The summed E-state index contributed by atoms with van der Waals surface area (Å²) < 4.78 is 0. The molecule has 2 atom stereocenters. The SMILES string of the molecule is CC(CC(C)(C)c1ccccc1)NC(=O)[C@@H](N)Cc1ccccc1. The molecule has 128 valence electrons. The number of amides is 1. The van der Waals surface area contributed by atoms with Gasteiger partial charge in [0, 0.05) is 6.04 Å². The average Bonchev–Trinajstić information content (AvgIpc) is 2.56. The molecule has 0 aliphatic heterocycles. The minimum atomic E-state index is -0.519. The van der Waals surface area contributed by atoms with Crippen LogP contribution in [0.1, 0.15) is 38.3 Å². The van der Waals surface area contributed by atoms with E-state index in [1.54, 1.807) is 0 Å². The zero-order valence-corrected chi connectivity index (χ0v) is 14.8. The van der Waals surface area contributed by atoms with E-state index in [1.165, 1.54) is 5.56 Å². The highest BCUT2D eigenvalue weighted by atomic mass is 16.2. The number of benzene rings is 2. The summed E-state index contributed by atoms with van der Waals surface area (Å²) in [7, 11) is 0. The van der Waals surface area contributed by atoms with Crippen LogP contribution >= 0.6 is 0 Å². The molecule has 3 nitrogen and oxygen atoms in total. The van der Waals surface area contributed by atoms with Gasteiger partial charge in [0.1, 0.15) is 0 Å². The largest absolute Gasteiger partial charge is 0.352 e. The van der Waals surface area contributed by atoms with Gasteiger partial charge in [0.2, 0.25) is 5.91 Å². The van der Waals surface area contributed by atoms with Crippen molar-refractivity contribution < 1.29 is 4.79 Å². The van der Waals surface area contributed by atoms with Crippen molar-refractivity contribution in [1.29, 1.82) is 0 Å². The Morgan fingerprint density at radius 2 is 1.58 bits per heavy atom. The molecule has 0 spiro atoms. The Morgan fingerprint density at radius 3 is 2.17 bits per heavy atom. The maximum atomic E-state index is 12.3. The molecule has 2 aromatic rings. The van der Waals surface area contributed by atoms with Crippen LogP contribution in [0.5, 0.6) is 0 Å². The predicted octanol–water partition coefficient (Wildman–Crippen LogP) is 3.43. The van der Waals surface area contributed by atoms with Gasteiger partial charge in [0.25, 0.3) is 0 Å². The average molecular weight is 324 g/mol. The van der Waals surface area contributed by atoms with E-state index in [4.69, 9.17) is 5.73 Å². The van der Waals surface area contributed by atoms with Gasteiger partial charge in [-0.15, -0.1) is 0 Å². The second-order valence-electron chi connectivity index (χ2n) is 7.16. The molecule has 1 amide bonds. The lowest BCUT2D eigenvalue weighted by Crippen LogP contribution is -2.46. The normalized spacial score (nSPS) is 14.0. The third-order valence-corrected chi connectivity index (χ3v) is 4.40. The maximum absolute atomic E-state index is 12.3. The van der Waals surface area contributed by atoms with E-state index < -0.39 is 6.04 Å². The van der Waals surface area contributed by atoms with Gasteiger partial charge < -0.3 is 11.1 Å². The number of rotatable bonds is 7. The van der Waals surface area contributed by atoms with Gasteiger partial charge in [-0.3, -0.25) is 4.79 Å². The fourth-order valence-electron chi connectivity index (χ4n) is 3.13. The molecule has 0 aromatic heterocycles. The first-order valence-electron chi connectivity index (χ1n) is 8.54. The minimum absolute atomic E-state index is 0.00250. The van der Waals surface area contributed by atoms with Crippen molar-refractivity contribution in [2.24, 2.45) is 5.73 Å². The van der Waals surface area contributed by atoms with Crippen LogP contribution in [0.15, 0.2) is 60.7 Å². The summed E-state index contributed by atoms with van der Waals surface area (Å²) in [6.45, 7) is 6.45. The summed E-state index contributed by atoms with van der Waals surface area (Å²) in [6.07, 6.45) is 1.42. The van der Waals surface area contributed by atoms with E-state index in [2.05, 4.69) is 43.4 Å². The van der Waals surface area contributed by atoms with E-state index >= 15 is 0 Å². The number of hydrogen-bond donors (Lipinski definition) is 2. The van der Waals surface area contributed by atoms with Gasteiger partial charge >= 0.3 is 0 Å². The number of nitrogens with two attached hydrogens (primary N) is 1. The highest BCUT2D eigenvalue weighted by Gasteiger charge is 2.25. The molecular formula is C21H28N2O. The van der Waals surface area contributed by atoms with Gasteiger partial charge in [-0.05, 0) is 36.3 Å². The molecule has 0 saturated heterocycles. The van der Waals surface area contributed by atoms with Crippen LogP contribution in [0.25, 0.3) is 0 Å². The molecule has 0 bridgehead atoms. The monoisotopic (exact) mass is 324 g/mol. The van der Waals surface area contributed by atoms with Crippen molar-refractivity contribution in [3.05, 3.63) is 71.8 Å². The molecule has 3 heteroatoms. The lowest BCUT2D eigenvalue weighted by Gasteiger charge is -2.29. The first kappa shape index (κ1) is 18.2. The van der Waals surface area contributed by atoms with Crippen molar-refractivity contribution in [3.63, 3.8) is 0 Å². The van der Waals surface area contributed by atoms with E-state index in [9.17, 15) is 4.79 Å². The molecule has 0 fully saturated rings. The Balaban J connectivity index is 1.89. The minimum Gasteiger partial charge on any atom is -0.352 e. The zero-order chi connectivity index (χ0) is 17.6. The van der Waals surface area contributed by atoms with E-state index in [-0.39, 0.29) is 17.4 Å². The van der Waals surface area contributed by atoms with Gasteiger partial charge in [-0.25, -0.2) is 0 Å². The first-order chi connectivity index (χ1) is 11.4. The van der Waals surface area contributed by atoms with Crippen LogP contribution in [0.3, 0.4) is 0 Å². The molecule has 0 saturated carbocycles. The zero-order valence-electron chi connectivity index (χ0n) is 14.8. The molecule has 0 radical (unpaired) electrons. The Hall–Kier alpha value is -2.13. The van der Waals surface area contributed by atoms with Crippen LogP contribution in [0.2, 0.25) is 0 Å². The number of carbonyl (C=O) groups excluding carboxylic acids is 1. The number of nitrogens with one attached hydrogen (secondary N) is 1. The Labute approximate surface area is 145 Å². The second kappa shape index (κ2) is 8.11. The fraction of sp³-hybridized carbons (Fsp3) is 0.381. The van der Waals surface area contributed by atoms with E-state index in [0.29, 0.717) is 6.42 Å². The molecular weight excluding hydrogens is 296 g/mol. The summed E-state index contributed by atoms with van der Waals surface area (Å²) in [5.41, 5.74) is 8.42.